The molecular formula is C21H22N2O5. The number of ether oxygens (including phenoxy) is 3. The van der Waals surface area contributed by atoms with Gasteiger partial charge in [0.25, 0.3) is 5.91 Å². The number of hydrogen-bond donors (Lipinski definition) is 1. The zero-order chi connectivity index (χ0) is 20.1. The molecule has 0 fully saturated rings. The highest BCUT2D eigenvalue weighted by atomic mass is 16.5. The first-order chi connectivity index (χ1) is 13.6. The van der Waals surface area contributed by atoms with E-state index in [0.717, 1.165) is 11.1 Å². The fraction of sp³-hybridized carbons (Fsp3) is 0.238. The Hall–Kier alpha value is -3.48. The Morgan fingerprint density at radius 1 is 1.00 bits per heavy atom. The van der Waals surface area contributed by atoms with E-state index in [9.17, 15) is 4.79 Å². The van der Waals surface area contributed by atoms with Gasteiger partial charge in [-0.25, -0.2) is 0 Å². The second-order valence-electron chi connectivity index (χ2n) is 6.10. The minimum absolute atomic E-state index is 0.137. The van der Waals surface area contributed by atoms with Gasteiger partial charge in [-0.1, -0.05) is 35.5 Å². The van der Waals surface area contributed by atoms with E-state index in [-0.39, 0.29) is 17.7 Å². The van der Waals surface area contributed by atoms with Gasteiger partial charge in [-0.05, 0) is 24.6 Å². The maximum atomic E-state index is 12.6. The standard InChI is InChI=1S/C21H22N2O5/c1-13(15-10-17(25-2)20(27-4)18(11-15)26-3)22-21(24)19-12-16(23-28-19)14-8-6-5-7-9-14/h5-13H,1-4H3,(H,22,24). The quantitative estimate of drug-likeness (QED) is 0.668. The molecular weight excluding hydrogens is 360 g/mol. The number of nitrogens with one attached hydrogen (secondary N) is 1. The van der Waals surface area contributed by atoms with Crippen LogP contribution in [0.1, 0.15) is 29.1 Å². The van der Waals surface area contributed by atoms with Crippen LogP contribution in [-0.2, 0) is 0 Å². The molecule has 0 aliphatic carbocycles. The van der Waals surface area contributed by atoms with Crippen LogP contribution in [0.2, 0.25) is 0 Å². The highest BCUT2D eigenvalue weighted by Crippen LogP contribution is 2.39. The third kappa shape index (κ3) is 3.93. The van der Waals surface area contributed by atoms with E-state index in [1.807, 2.05) is 37.3 Å². The van der Waals surface area contributed by atoms with Crippen LogP contribution >= 0.6 is 0 Å². The van der Waals surface area contributed by atoms with Gasteiger partial charge in [-0.15, -0.1) is 0 Å². The van der Waals surface area contributed by atoms with E-state index >= 15 is 0 Å². The number of carbonyl (C=O) groups is 1. The van der Waals surface area contributed by atoms with Crippen molar-refractivity contribution in [2.75, 3.05) is 21.3 Å². The highest BCUT2D eigenvalue weighted by Gasteiger charge is 2.20. The first kappa shape index (κ1) is 19.3. The van der Waals surface area contributed by atoms with Crippen LogP contribution in [0.15, 0.2) is 53.1 Å². The predicted molar refractivity (Wildman–Crippen MR) is 104 cm³/mol. The molecule has 1 unspecified atom stereocenters. The molecule has 3 aromatic rings. The van der Waals surface area contributed by atoms with Crippen LogP contribution in [0.3, 0.4) is 0 Å². The number of nitrogens with zero attached hydrogens (tertiary/aromatic N) is 1. The lowest BCUT2D eigenvalue weighted by atomic mass is 10.1. The van der Waals surface area contributed by atoms with Crippen LogP contribution in [0.25, 0.3) is 11.3 Å². The summed E-state index contributed by atoms with van der Waals surface area (Å²) in [5.74, 6) is 1.30. The Labute approximate surface area is 163 Å². The summed E-state index contributed by atoms with van der Waals surface area (Å²) in [7, 11) is 4.63. The molecule has 0 saturated heterocycles. The summed E-state index contributed by atoms with van der Waals surface area (Å²) in [4.78, 5) is 12.6. The minimum Gasteiger partial charge on any atom is -0.493 e. The fourth-order valence-corrected chi connectivity index (χ4v) is 2.83. The molecule has 1 amide bonds. The third-order valence-electron chi connectivity index (χ3n) is 4.34. The summed E-state index contributed by atoms with van der Waals surface area (Å²) in [6.07, 6.45) is 0. The fourth-order valence-electron chi connectivity index (χ4n) is 2.83. The topological polar surface area (TPSA) is 82.8 Å². The molecule has 0 spiro atoms. The Morgan fingerprint density at radius 3 is 2.21 bits per heavy atom. The highest BCUT2D eigenvalue weighted by molar-refractivity contribution is 5.92. The van der Waals surface area contributed by atoms with Crippen molar-refractivity contribution in [2.24, 2.45) is 0 Å². The van der Waals surface area contributed by atoms with E-state index < -0.39 is 0 Å². The molecule has 1 heterocycles. The Balaban J connectivity index is 1.79. The zero-order valence-electron chi connectivity index (χ0n) is 16.2. The zero-order valence-corrected chi connectivity index (χ0v) is 16.2. The van der Waals surface area contributed by atoms with Gasteiger partial charge in [-0.3, -0.25) is 4.79 Å². The Bertz CT molecular complexity index is 927. The number of methoxy groups -OCH3 is 3. The molecule has 0 saturated carbocycles. The van der Waals surface area contributed by atoms with Crippen molar-refractivity contribution in [3.63, 3.8) is 0 Å². The van der Waals surface area contributed by atoms with Crippen molar-refractivity contribution < 1.29 is 23.5 Å². The summed E-state index contributed by atoms with van der Waals surface area (Å²) >= 11 is 0. The number of carbonyl (C=O) groups excluding carboxylic acids is 1. The molecule has 0 aliphatic heterocycles. The van der Waals surface area contributed by atoms with E-state index in [4.69, 9.17) is 18.7 Å². The molecule has 3 rings (SSSR count). The van der Waals surface area contributed by atoms with E-state index in [1.165, 1.54) is 0 Å². The van der Waals surface area contributed by atoms with Crippen molar-refractivity contribution in [1.82, 2.24) is 10.5 Å². The molecule has 7 nitrogen and oxygen atoms in total. The van der Waals surface area contributed by atoms with Gasteiger partial charge >= 0.3 is 0 Å². The normalized spacial score (nSPS) is 11.6. The summed E-state index contributed by atoms with van der Waals surface area (Å²) in [5, 5.41) is 6.87. The lowest BCUT2D eigenvalue weighted by Crippen LogP contribution is -2.26. The maximum absolute atomic E-state index is 12.6. The summed E-state index contributed by atoms with van der Waals surface area (Å²) in [5.41, 5.74) is 2.28. The lowest BCUT2D eigenvalue weighted by molar-refractivity contribution is 0.0902. The molecule has 1 aromatic heterocycles. The second kappa shape index (κ2) is 8.47. The average Bonchev–Trinajstić information content (AvgIpc) is 3.23. The molecule has 146 valence electrons. The van der Waals surface area contributed by atoms with Crippen LogP contribution in [0, 0.1) is 0 Å². The van der Waals surface area contributed by atoms with Crippen molar-refractivity contribution in [2.45, 2.75) is 13.0 Å². The van der Waals surface area contributed by atoms with E-state index in [1.54, 1.807) is 39.5 Å². The van der Waals surface area contributed by atoms with Crippen LogP contribution in [0.4, 0.5) is 0 Å². The van der Waals surface area contributed by atoms with Gasteiger partial charge in [0, 0.05) is 11.6 Å². The summed E-state index contributed by atoms with van der Waals surface area (Å²) < 4.78 is 21.3. The van der Waals surface area contributed by atoms with E-state index in [2.05, 4.69) is 10.5 Å². The summed E-state index contributed by atoms with van der Waals surface area (Å²) in [6, 6.07) is 14.4. The van der Waals surface area contributed by atoms with Gasteiger partial charge in [-0.2, -0.15) is 0 Å². The molecule has 2 aromatic carbocycles. The van der Waals surface area contributed by atoms with Gasteiger partial charge in [0.2, 0.25) is 11.5 Å². The van der Waals surface area contributed by atoms with Crippen molar-refractivity contribution in [3.8, 4) is 28.5 Å². The monoisotopic (exact) mass is 382 g/mol. The van der Waals surface area contributed by atoms with Crippen molar-refractivity contribution >= 4 is 5.91 Å². The minimum atomic E-state index is -0.365. The third-order valence-corrected chi connectivity index (χ3v) is 4.34. The number of rotatable bonds is 7. The molecule has 0 radical (unpaired) electrons. The summed E-state index contributed by atoms with van der Waals surface area (Å²) in [6.45, 7) is 1.85. The second-order valence-corrected chi connectivity index (χ2v) is 6.10. The SMILES string of the molecule is COc1cc(C(C)NC(=O)c2cc(-c3ccccc3)no2)cc(OC)c1OC. The number of amides is 1. The van der Waals surface area contributed by atoms with Gasteiger partial charge in [0.15, 0.2) is 11.5 Å². The molecule has 0 aliphatic rings. The maximum Gasteiger partial charge on any atom is 0.290 e. The van der Waals surface area contributed by atoms with Crippen molar-refractivity contribution in [1.29, 1.82) is 0 Å². The van der Waals surface area contributed by atoms with Crippen LogP contribution < -0.4 is 19.5 Å². The van der Waals surface area contributed by atoms with Gasteiger partial charge < -0.3 is 24.1 Å². The largest absolute Gasteiger partial charge is 0.493 e. The number of aromatic nitrogens is 1. The molecule has 0 bridgehead atoms. The molecule has 1 N–H and O–H groups in total. The average molecular weight is 382 g/mol. The van der Waals surface area contributed by atoms with Crippen LogP contribution in [0.5, 0.6) is 17.2 Å². The first-order valence-corrected chi connectivity index (χ1v) is 8.70. The molecule has 7 heteroatoms. The van der Waals surface area contributed by atoms with Crippen LogP contribution in [-0.4, -0.2) is 32.4 Å². The van der Waals surface area contributed by atoms with Gasteiger partial charge in [0.1, 0.15) is 5.69 Å². The lowest BCUT2D eigenvalue weighted by Gasteiger charge is -2.18. The Kier molecular flexibility index (Phi) is 5.84. The molecule has 28 heavy (non-hydrogen) atoms. The predicted octanol–water partition coefficient (Wildman–Crippen LogP) is 3.86. The van der Waals surface area contributed by atoms with E-state index in [0.29, 0.717) is 22.9 Å². The number of hydrogen-bond acceptors (Lipinski definition) is 6. The number of benzene rings is 2. The van der Waals surface area contributed by atoms with Gasteiger partial charge in [0.05, 0.1) is 27.4 Å². The van der Waals surface area contributed by atoms with Crippen molar-refractivity contribution in [3.05, 3.63) is 59.9 Å². The first-order valence-electron chi connectivity index (χ1n) is 8.70. The smallest absolute Gasteiger partial charge is 0.290 e. The molecule has 1 atom stereocenters. The Morgan fingerprint density at radius 2 is 1.64 bits per heavy atom.